The zero-order valence-electron chi connectivity index (χ0n) is 17.4. The molecule has 0 saturated carbocycles. The SMILES string of the molecule is Cc1ccc(-n2c(SCC(=O)Nc3ccc(Cl)cc3Cl)nc3ccccc3c2=O)c(C)c1. The van der Waals surface area contributed by atoms with Crippen molar-refractivity contribution in [1.29, 1.82) is 0 Å². The Balaban J connectivity index is 1.69. The van der Waals surface area contributed by atoms with E-state index in [0.29, 0.717) is 31.8 Å². The first kappa shape index (κ1) is 22.4. The lowest BCUT2D eigenvalue weighted by atomic mass is 10.1. The molecule has 0 aliphatic rings. The molecule has 32 heavy (non-hydrogen) atoms. The Morgan fingerprint density at radius 3 is 2.59 bits per heavy atom. The van der Waals surface area contributed by atoms with Gasteiger partial charge in [0, 0.05) is 5.02 Å². The molecule has 0 saturated heterocycles. The number of hydrogen-bond donors (Lipinski definition) is 1. The van der Waals surface area contributed by atoms with Crippen LogP contribution >= 0.6 is 35.0 Å². The van der Waals surface area contributed by atoms with E-state index in [4.69, 9.17) is 23.2 Å². The molecule has 3 aromatic carbocycles. The molecular formula is C24H19Cl2N3O2S. The van der Waals surface area contributed by atoms with E-state index in [1.165, 1.54) is 11.8 Å². The van der Waals surface area contributed by atoms with Crippen molar-refractivity contribution < 1.29 is 4.79 Å². The standard InChI is InChI=1S/C24H19Cl2N3O2S/c1-14-7-10-21(15(2)11-14)29-23(31)17-5-3-4-6-19(17)28-24(29)32-13-22(30)27-20-9-8-16(25)12-18(20)26/h3-12H,13H2,1-2H3,(H,27,30). The molecule has 0 unspecified atom stereocenters. The molecular weight excluding hydrogens is 465 g/mol. The average molecular weight is 484 g/mol. The first-order valence-corrected chi connectivity index (χ1v) is 11.5. The molecule has 5 nitrogen and oxygen atoms in total. The van der Waals surface area contributed by atoms with Crippen LogP contribution < -0.4 is 10.9 Å². The fourth-order valence-electron chi connectivity index (χ4n) is 3.39. The van der Waals surface area contributed by atoms with Crippen molar-refractivity contribution in [2.24, 2.45) is 0 Å². The molecule has 162 valence electrons. The highest BCUT2D eigenvalue weighted by molar-refractivity contribution is 7.99. The van der Waals surface area contributed by atoms with Gasteiger partial charge in [-0.1, -0.05) is 64.8 Å². The molecule has 0 bridgehead atoms. The molecule has 0 fully saturated rings. The number of carbonyl (C=O) groups is 1. The number of benzene rings is 3. The Kier molecular flexibility index (Phi) is 6.55. The minimum absolute atomic E-state index is 0.0502. The van der Waals surface area contributed by atoms with Crippen molar-refractivity contribution >= 4 is 57.5 Å². The molecule has 0 spiro atoms. The van der Waals surface area contributed by atoms with Crippen LogP contribution in [0.2, 0.25) is 10.0 Å². The van der Waals surface area contributed by atoms with Crippen molar-refractivity contribution in [1.82, 2.24) is 9.55 Å². The maximum absolute atomic E-state index is 13.4. The molecule has 8 heteroatoms. The van der Waals surface area contributed by atoms with Gasteiger partial charge >= 0.3 is 0 Å². The van der Waals surface area contributed by atoms with Gasteiger partial charge in [0.15, 0.2) is 5.16 Å². The van der Waals surface area contributed by atoms with Gasteiger partial charge in [0.1, 0.15) is 0 Å². The number of thioether (sulfide) groups is 1. The van der Waals surface area contributed by atoms with Crippen LogP contribution in [0.1, 0.15) is 11.1 Å². The van der Waals surface area contributed by atoms with Gasteiger partial charge in [-0.3, -0.25) is 14.2 Å². The maximum atomic E-state index is 13.4. The fraction of sp³-hybridized carbons (Fsp3) is 0.125. The minimum Gasteiger partial charge on any atom is -0.324 e. The van der Waals surface area contributed by atoms with Gasteiger partial charge in [0.05, 0.1) is 33.1 Å². The molecule has 1 aromatic heterocycles. The first-order valence-electron chi connectivity index (χ1n) is 9.80. The topological polar surface area (TPSA) is 64.0 Å². The molecule has 4 aromatic rings. The summed E-state index contributed by atoms with van der Waals surface area (Å²) in [7, 11) is 0. The molecule has 0 aliphatic carbocycles. The van der Waals surface area contributed by atoms with E-state index in [0.717, 1.165) is 16.8 Å². The summed E-state index contributed by atoms with van der Waals surface area (Å²) in [5.74, 6) is -0.219. The highest BCUT2D eigenvalue weighted by Gasteiger charge is 2.16. The van der Waals surface area contributed by atoms with E-state index < -0.39 is 0 Å². The molecule has 0 aliphatic heterocycles. The highest BCUT2D eigenvalue weighted by atomic mass is 35.5. The predicted molar refractivity (Wildman–Crippen MR) is 133 cm³/mol. The van der Waals surface area contributed by atoms with Crippen LogP contribution in [0.25, 0.3) is 16.6 Å². The number of halogens is 2. The van der Waals surface area contributed by atoms with Crippen LogP contribution in [0.5, 0.6) is 0 Å². The number of carbonyl (C=O) groups excluding carboxylic acids is 1. The Morgan fingerprint density at radius 1 is 1.06 bits per heavy atom. The van der Waals surface area contributed by atoms with Crippen LogP contribution in [0.4, 0.5) is 5.69 Å². The summed E-state index contributed by atoms with van der Waals surface area (Å²) in [6.07, 6.45) is 0. The molecule has 0 radical (unpaired) electrons. The highest BCUT2D eigenvalue weighted by Crippen LogP contribution is 2.27. The van der Waals surface area contributed by atoms with Crippen molar-refractivity contribution in [2.45, 2.75) is 19.0 Å². The lowest BCUT2D eigenvalue weighted by molar-refractivity contribution is -0.113. The lowest BCUT2D eigenvalue weighted by Gasteiger charge is -2.15. The Hall–Kier alpha value is -2.80. The summed E-state index contributed by atoms with van der Waals surface area (Å²) < 4.78 is 1.57. The largest absolute Gasteiger partial charge is 0.324 e. The molecule has 0 atom stereocenters. The second kappa shape index (κ2) is 9.36. The zero-order chi connectivity index (χ0) is 22.8. The Bertz CT molecular complexity index is 1400. The number of amides is 1. The van der Waals surface area contributed by atoms with E-state index in [2.05, 4.69) is 10.3 Å². The van der Waals surface area contributed by atoms with E-state index >= 15 is 0 Å². The van der Waals surface area contributed by atoms with Gasteiger partial charge in [0.2, 0.25) is 5.91 Å². The quantitative estimate of drug-likeness (QED) is 0.277. The third kappa shape index (κ3) is 4.67. The van der Waals surface area contributed by atoms with Gasteiger partial charge in [-0.2, -0.15) is 0 Å². The van der Waals surface area contributed by atoms with Gasteiger partial charge in [-0.05, 0) is 55.8 Å². The number of para-hydroxylation sites is 1. The number of nitrogens with one attached hydrogen (secondary N) is 1. The monoisotopic (exact) mass is 483 g/mol. The van der Waals surface area contributed by atoms with Crippen LogP contribution in [-0.4, -0.2) is 21.2 Å². The fourth-order valence-corrected chi connectivity index (χ4v) is 4.65. The van der Waals surface area contributed by atoms with E-state index in [-0.39, 0.29) is 17.2 Å². The number of fused-ring (bicyclic) bond motifs is 1. The summed E-state index contributed by atoms with van der Waals surface area (Å²) in [6.45, 7) is 3.95. The minimum atomic E-state index is -0.270. The number of aromatic nitrogens is 2. The van der Waals surface area contributed by atoms with Crippen molar-refractivity contribution in [3.63, 3.8) is 0 Å². The van der Waals surface area contributed by atoms with Gasteiger partial charge < -0.3 is 5.32 Å². The first-order chi connectivity index (χ1) is 15.3. The molecule has 4 rings (SSSR count). The summed E-state index contributed by atoms with van der Waals surface area (Å²) in [4.78, 5) is 30.7. The second-order valence-electron chi connectivity index (χ2n) is 7.30. The van der Waals surface area contributed by atoms with E-state index in [1.807, 2.05) is 44.2 Å². The normalized spacial score (nSPS) is 11.0. The van der Waals surface area contributed by atoms with Crippen LogP contribution in [0.3, 0.4) is 0 Å². The number of hydrogen-bond acceptors (Lipinski definition) is 4. The van der Waals surface area contributed by atoms with Crippen molar-refractivity contribution in [3.05, 3.63) is 92.2 Å². The van der Waals surface area contributed by atoms with Crippen LogP contribution in [0.15, 0.2) is 70.6 Å². The van der Waals surface area contributed by atoms with Gasteiger partial charge in [0.25, 0.3) is 5.56 Å². The molecule has 1 heterocycles. The summed E-state index contributed by atoms with van der Waals surface area (Å²) in [5.41, 5.74) is 3.67. The predicted octanol–water partition coefficient (Wildman–Crippen LogP) is 6.04. The summed E-state index contributed by atoms with van der Waals surface area (Å²) in [6, 6.07) is 17.9. The number of rotatable bonds is 5. The maximum Gasteiger partial charge on any atom is 0.266 e. The second-order valence-corrected chi connectivity index (χ2v) is 9.09. The molecule has 1 N–H and O–H groups in total. The molecule has 1 amide bonds. The van der Waals surface area contributed by atoms with Crippen LogP contribution in [-0.2, 0) is 4.79 Å². The number of nitrogens with zero attached hydrogens (tertiary/aromatic N) is 2. The zero-order valence-corrected chi connectivity index (χ0v) is 19.7. The number of aryl methyl sites for hydroxylation is 2. The average Bonchev–Trinajstić information content (AvgIpc) is 2.75. The van der Waals surface area contributed by atoms with Gasteiger partial charge in [-0.25, -0.2) is 4.98 Å². The summed E-state index contributed by atoms with van der Waals surface area (Å²) in [5, 5.41) is 4.58. The smallest absolute Gasteiger partial charge is 0.266 e. The van der Waals surface area contributed by atoms with E-state index in [9.17, 15) is 9.59 Å². The van der Waals surface area contributed by atoms with Crippen LogP contribution in [0, 0.1) is 13.8 Å². The van der Waals surface area contributed by atoms with E-state index in [1.54, 1.807) is 34.9 Å². The number of anilines is 1. The van der Waals surface area contributed by atoms with Crippen molar-refractivity contribution in [3.8, 4) is 5.69 Å². The summed E-state index contributed by atoms with van der Waals surface area (Å²) >= 11 is 13.3. The Labute approximate surface area is 199 Å². The third-order valence-corrected chi connectivity index (χ3v) is 6.36. The third-order valence-electron chi connectivity index (χ3n) is 4.88. The Morgan fingerprint density at radius 2 is 1.84 bits per heavy atom. The van der Waals surface area contributed by atoms with Gasteiger partial charge in [-0.15, -0.1) is 0 Å². The van der Waals surface area contributed by atoms with Crippen molar-refractivity contribution in [2.75, 3.05) is 11.1 Å². The lowest BCUT2D eigenvalue weighted by Crippen LogP contribution is -2.23.